The number of carbonyl (C=O) groups is 1. The molecule has 1 saturated heterocycles. The molecule has 1 unspecified atom stereocenters. The average Bonchev–Trinajstić information content (AvgIpc) is 2.38. The molecule has 3 nitrogen and oxygen atoms in total. The number of nitrogens with one attached hydrogen (secondary N) is 2. The summed E-state index contributed by atoms with van der Waals surface area (Å²) in [6, 6.07) is 7.89. The fraction of sp³-hybridized carbons (Fsp3) is 0.500. The van der Waals surface area contributed by atoms with Crippen molar-refractivity contribution in [3.05, 3.63) is 34.3 Å². The largest absolute Gasteiger partial charge is 0.355 e. The molecule has 2 N–H and O–H groups in total. The van der Waals surface area contributed by atoms with E-state index in [1.54, 1.807) is 0 Å². The maximum Gasteiger partial charge on any atom is 0.224 e. The van der Waals surface area contributed by atoms with Gasteiger partial charge in [0.15, 0.2) is 0 Å². The van der Waals surface area contributed by atoms with Crippen LogP contribution < -0.4 is 10.6 Å². The van der Waals surface area contributed by atoms with Crippen LogP contribution in [0, 0.1) is 5.92 Å². The van der Waals surface area contributed by atoms with Crippen molar-refractivity contribution in [1.82, 2.24) is 10.6 Å². The molecule has 0 saturated carbocycles. The van der Waals surface area contributed by atoms with Crippen molar-refractivity contribution in [1.29, 1.82) is 0 Å². The van der Waals surface area contributed by atoms with Crippen LogP contribution in [-0.4, -0.2) is 25.5 Å². The first kappa shape index (κ1) is 16.5. The summed E-state index contributed by atoms with van der Waals surface area (Å²) in [6.45, 7) is 2.93. The number of halogens is 2. The first-order valence-electron chi connectivity index (χ1n) is 6.46. The molecule has 5 heteroatoms. The lowest BCUT2D eigenvalue weighted by atomic mass is 10.00. The zero-order valence-electron chi connectivity index (χ0n) is 10.8. The van der Waals surface area contributed by atoms with Gasteiger partial charge in [0.05, 0.1) is 6.42 Å². The summed E-state index contributed by atoms with van der Waals surface area (Å²) in [5, 5.41) is 6.38. The molecular weight excluding hydrogens is 328 g/mol. The molecule has 0 spiro atoms. The molecule has 1 aromatic carbocycles. The number of hydrogen-bond donors (Lipinski definition) is 2. The third-order valence-corrected chi connectivity index (χ3v) is 3.73. The van der Waals surface area contributed by atoms with Gasteiger partial charge in [0.1, 0.15) is 0 Å². The van der Waals surface area contributed by atoms with Crippen molar-refractivity contribution in [2.45, 2.75) is 19.3 Å². The Morgan fingerprint density at radius 3 is 3.00 bits per heavy atom. The number of amides is 1. The average molecular weight is 348 g/mol. The van der Waals surface area contributed by atoms with E-state index in [0.717, 1.165) is 29.7 Å². The molecule has 1 aliphatic heterocycles. The number of hydrogen-bond acceptors (Lipinski definition) is 2. The Bertz CT molecular complexity index is 408. The van der Waals surface area contributed by atoms with Gasteiger partial charge in [-0.05, 0) is 49.5 Å². The normalized spacial score (nSPS) is 18.5. The van der Waals surface area contributed by atoms with Crippen LogP contribution in [0.25, 0.3) is 0 Å². The second kappa shape index (κ2) is 8.56. The second-order valence-electron chi connectivity index (χ2n) is 4.82. The maximum absolute atomic E-state index is 11.8. The van der Waals surface area contributed by atoms with Crippen LogP contribution in [0.1, 0.15) is 18.4 Å². The van der Waals surface area contributed by atoms with Gasteiger partial charge in [0.2, 0.25) is 5.91 Å². The highest BCUT2D eigenvalue weighted by Crippen LogP contribution is 2.12. The molecule has 2 rings (SSSR count). The molecule has 0 aromatic heterocycles. The SMILES string of the molecule is Cl.O=C(Cc1cccc(Br)c1)NCC1CCCNC1. The second-order valence-corrected chi connectivity index (χ2v) is 5.74. The molecule has 106 valence electrons. The van der Waals surface area contributed by atoms with Gasteiger partial charge in [-0.25, -0.2) is 0 Å². The third kappa shape index (κ3) is 5.93. The van der Waals surface area contributed by atoms with E-state index in [1.807, 2.05) is 24.3 Å². The van der Waals surface area contributed by atoms with E-state index >= 15 is 0 Å². The molecule has 0 radical (unpaired) electrons. The van der Waals surface area contributed by atoms with Gasteiger partial charge in [-0.15, -0.1) is 12.4 Å². The van der Waals surface area contributed by atoms with Gasteiger partial charge in [0, 0.05) is 11.0 Å². The Labute approximate surface area is 129 Å². The summed E-state index contributed by atoms with van der Waals surface area (Å²) in [5.41, 5.74) is 1.05. The molecule has 1 fully saturated rings. The molecule has 1 amide bonds. The van der Waals surface area contributed by atoms with Crippen LogP contribution in [0.2, 0.25) is 0 Å². The predicted octanol–water partition coefficient (Wildman–Crippen LogP) is 2.53. The fourth-order valence-corrected chi connectivity index (χ4v) is 2.70. The number of rotatable bonds is 4. The molecule has 1 atom stereocenters. The van der Waals surface area contributed by atoms with E-state index in [2.05, 4.69) is 26.6 Å². The Morgan fingerprint density at radius 2 is 2.32 bits per heavy atom. The monoisotopic (exact) mass is 346 g/mol. The quantitative estimate of drug-likeness (QED) is 0.879. The Morgan fingerprint density at radius 1 is 1.47 bits per heavy atom. The zero-order chi connectivity index (χ0) is 12.8. The van der Waals surface area contributed by atoms with Gasteiger partial charge >= 0.3 is 0 Å². The molecule has 0 bridgehead atoms. The Kier molecular flexibility index (Phi) is 7.42. The summed E-state index contributed by atoms with van der Waals surface area (Å²) in [5.74, 6) is 0.698. The van der Waals surface area contributed by atoms with Crippen molar-refractivity contribution in [2.75, 3.05) is 19.6 Å². The smallest absolute Gasteiger partial charge is 0.224 e. The maximum atomic E-state index is 11.8. The first-order valence-corrected chi connectivity index (χ1v) is 7.25. The minimum absolute atomic E-state index is 0. The standard InChI is InChI=1S/C14H19BrN2O.ClH/c15-13-5-1-3-11(7-13)8-14(18)17-10-12-4-2-6-16-9-12;/h1,3,5,7,12,16H,2,4,6,8-10H2,(H,17,18);1H. The van der Waals surface area contributed by atoms with Crippen LogP contribution in [0.15, 0.2) is 28.7 Å². The van der Waals surface area contributed by atoms with E-state index < -0.39 is 0 Å². The third-order valence-electron chi connectivity index (χ3n) is 3.24. The summed E-state index contributed by atoms with van der Waals surface area (Å²) < 4.78 is 1.02. The van der Waals surface area contributed by atoms with Gasteiger partial charge in [0.25, 0.3) is 0 Å². The lowest BCUT2D eigenvalue weighted by molar-refractivity contribution is -0.120. The lowest BCUT2D eigenvalue weighted by Gasteiger charge is -2.22. The molecule has 0 aliphatic carbocycles. The highest BCUT2D eigenvalue weighted by atomic mass is 79.9. The van der Waals surface area contributed by atoms with Crippen molar-refractivity contribution in [3.8, 4) is 0 Å². The molecule has 1 aliphatic rings. The Hall–Kier alpha value is -0.580. The summed E-state index contributed by atoms with van der Waals surface area (Å²) >= 11 is 3.41. The topological polar surface area (TPSA) is 41.1 Å². The minimum Gasteiger partial charge on any atom is -0.355 e. The highest BCUT2D eigenvalue weighted by Gasteiger charge is 2.13. The van der Waals surface area contributed by atoms with Crippen LogP contribution in [-0.2, 0) is 11.2 Å². The summed E-state index contributed by atoms with van der Waals surface area (Å²) in [7, 11) is 0. The van der Waals surface area contributed by atoms with Crippen molar-refractivity contribution >= 4 is 34.2 Å². The first-order chi connectivity index (χ1) is 8.74. The molecule has 1 heterocycles. The predicted molar refractivity (Wildman–Crippen MR) is 83.7 cm³/mol. The number of benzene rings is 1. The van der Waals surface area contributed by atoms with Crippen LogP contribution in [0.3, 0.4) is 0 Å². The minimum atomic E-state index is 0. The van der Waals surface area contributed by atoms with Crippen LogP contribution in [0.5, 0.6) is 0 Å². The van der Waals surface area contributed by atoms with E-state index in [9.17, 15) is 4.79 Å². The van der Waals surface area contributed by atoms with E-state index in [0.29, 0.717) is 12.3 Å². The lowest BCUT2D eigenvalue weighted by Crippen LogP contribution is -2.38. The zero-order valence-corrected chi connectivity index (χ0v) is 13.2. The summed E-state index contributed by atoms with van der Waals surface area (Å²) in [4.78, 5) is 11.8. The van der Waals surface area contributed by atoms with Gasteiger partial charge in [-0.3, -0.25) is 4.79 Å². The van der Waals surface area contributed by atoms with Crippen molar-refractivity contribution in [2.24, 2.45) is 5.92 Å². The number of piperidine rings is 1. The van der Waals surface area contributed by atoms with Gasteiger partial charge in [-0.2, -0.15) is 0 Å². The van der Waals surface area contributed by atoms with E-state index in [1.165, 1.54) is 12.8 Å². The fourth-order valence-electron chi connectivity index (χ4n) is 2.25. The van der Waals surface area contributed by atoms with Gasteiger partial charge in [-0.1, -0.05) is 28.1 Å². The highest BCUT2D eigenvalue weighted by molar-refractivity contribution is 9.10. The van der Waals surface area contributed by atoms with Crippen LogP contribution in [0.4, 0.5) is 0 Å². The molecule has 1 aromatic rings. The van der Waals surface area contributed by atoms with Crippen molar-refractivity contribution < 1.29 is 4.79 Å². The summed E-state index contributed by atoms with van der Waals surface area (Å²) in [6.07, 6.45) is 2.88. The number of carbonyl (C=O) groups excluding carboxylic acids is 1. The van der Waals surface area contributed by atoms with Crippen molar-refractivity contribution in [3.63, 3.8) is 0 Å². The van der Waals surface area contributed by atoms with E-state index in [4.69, 9.17) is 0 Å². The van der Waals surface area contributed by atoms with Crippen LogP contribution >= 0.6 is 28.3 Å². The molecular formula is C14H20BrClN2O. The van der Waals surface area contributed by atoms with Gasteiger partial charge < -0.3 is 10.6 Å². The molecule has 19 heavy (non-hydrogen) atoms. The van der Waals surface area contributed by atoms with E-state index in [-0.39, 0.29) is 18.3 Å². The Balaban J connectivity index is 0.00000180.